The van der Waals surface area contributed by atoms with Crippen LogP contribution in [0.3, 0.4) is 0 Å². The van der Waals surface area contributed by atoms with Crippen molar-refractivity contribution in [2.45, 2.75) is 24.9 Å². The number of aromatic amines is 1. The fourth-order valence-electron chi connectivity index (χ4n) is 2.21. The lowest BCUT2D eigenvalue weighted by molar-refractivity contribution is 0.431. The van der Waals surface area contributed by atoms with Gasteiger partial charge in [-0.25, -0.2) is 8.42 Å². The van der Waals surface area contributed by atoms with Crippen molar-refractivity contribution in [3.05, 3.63) is 47.3 Å². The molecule has 0 amide bonds. The van der Waals surface area contributed by atoms with Crippen LogP contribution in [0.25, 0.3) is 0 Å². The first kappa shape index (κ1) is 11.4. The van der Waals surface area contributed by atoms with Gasteiger partial charge in [0.2, 0.25) is 10.0 Å². The summed E-state index contributed by atoms with van der Waals surface area (Å²) in [6, 6.07) is 7.79. The van der Waals surface area contributed by atoms with Gasteiger partial charge in [0.15, 0.2) is 0 Å². The van der Waals surface area contributed by atoms with E-state index in [1.165, 1.54) is 10.5 Å². The summed E-state index contributed by atoms with van der Waals surface area (Å²) in [5, 5.41) is 6.44. The predicted octanol–water partition coefficient (Wildman–Crippen LogP) is 1.42. The molecule has 0 aliphatic carbocycles. The number of H-pyrrole nitrogens is 1. The second-order valence-electron chi connectivity index (χ2n) is 4.40. The zero-order chi connectivity index (χ0) is 12.8. The Morgan fingerprint density at radius 3 is 2.33 bits per heavy atom. The summed E-state index contributed by atoms with van der Waals surface area (Å²) in [5.74, 6) is 0. The summed E-state index contributed by atoms with van der Waals surface area (Å²) in [4.78, 5) is 0.260. The van der Waals surface area contributed by atoms with Gasteiger partial charge >= 0.3 is 0 Å². The van der Waals surface area contributed by atoms with E-state index in [1.807, 2.05) is 24.3 Å². The van der Waals surface area contributed by atoms with Crippen LogP contribution < -0.4 is 0 Å². The Balaban J connectivity index is 1.98. The molecule has 2 heterocycles. The second-order valence-corrected chi connectivity index (χ2v) is 6.31. The second kappa shape index (κ2) is 3.93. The van der Waals surface area contributed by atoms with Crippen molar-refractivity contribution >= 4 is 10.0 Å². The van der Waals surface area contributed by atoms with Crippen molar-refractivity contribution in [3.63, 3.8) is 0 Å². The number of hydrogen-bond donors (Lipinski definition) is 1. The van der Waals surface area contributed by atoms with E-state index in [-0.39, 0.29) is 4.90 Å². The van der Waals surface area contributed by atoms with Crippen molar-refractivity contribution in [1.82, 2.24) is 14.5 Å². The van der Waals surface area contributed by atoms with Crippen LogP contribution in [0.5, 0.6) is 0 Å². The molecule has 3 rings (SSSR count). The lowest BCUT2D eigenvalue weighted by atomic mass is 10.1. The van der Waals surface area contributed by atoms with Crippen molar-refractivity contribution in [3.8, 4) is 0 Å². The molecule has 0 saturated heterocycles. The summed E-state index contributed by atoms with van der Waals surface area (Å²) in [6.45, 7) is 2.58. The molecule has 1 aliphatic heterocycles. The van der Waals surface area contributed by atoms with Crippen LogP contribution >= 0.6 is 0 Å². The maximum Gasteiger partial charge on any atom is 0.247 e. The summed E-state index contributed by atoms with van der Waals surface area (Å²) < 4.78 is 26.4. The number of aromatic nitrogens is 2. The van der Waals surface area contributed by atoms with Crippen molar-refractivity contribution in [2.24, 2.45) is 0 Å². The molecule has 0 saturated carbocycles. The van der Waals surface area contributed by atoms with Gasteiger partial charge in [0.25, 0.3) is 0 Å². The summed E-state index contributed by atoms with van der Waals surface area (Å²) in [6.07, 6.45) is 1.37. The SMILES string of the molecule is Cc1[nH]ncc1S(=O)(=O)N1Cc2ccccc2C1. The molecule has 6 heteroatoms. The molecule has 5 nitrogen and oxygen atoms in total. The van der Waals surface area contributed by atoms with Gasteiger partial charge in [-0.15, -0.1) is 0 Å². The quantitative estimate of drug-likeness (QED) is 0.891. The maximum absolute atomic E-state index is 12.5. The first-order valence-electron chi connectivity index (χ1n) is 5.66. The Hall–Kier alpha value is -1.66. The predicted molar refractivity (Wildman–Crippen MR) is 66.2 cm³/mol. The van der Waals surface area contributed by atoms with E-state index < -0.39 is 10.0 Å². The molecule has 1 aliphatic rings. The van der Waals surface area contributed by atoms with E-state index >= 15 is 0 Å². The normalized spacial score (nSPS) is 15.8. The van der Waals surface area contributed by atoms with E-state index in [2.05, 4.69) is 10.2 Å². The van der Waals surface area contributed by atoms with E-state index in [0.717, 1.165) is 11.1 Å². The fraction of sp³-hybridized carbons (Fsp3) is 0.250. The minimum absolute atomic E-state index is 0.260. The van der Waals surface area contributed by atoms with Crippen LogP contribution in [0, 0.1) is 6.92 Å². The minimum Gasteiger partial charge on any atom is -0.281 e. The van der Waals surface area contributed by atoms with Crippen LogP contribution in [0.2, 0.25) is 0 Å². The van der Waals surface area contributed by atoms with E-state index in [4.69, 9.17) is 0 Å². The highest BCUT2D eigenvalue weighted by Crippen LogP contribution is 2.28. The standard InChI is InChI=1S/C12H13N3O2S/c1-9-12(6-13-14-9)18(16,17)15-7-10-4-2-3-5-11(10)8-15/h2-6H,7-8H2,1H3,(H,13,14). The molecular weight excluding hydrogens is 250 g/mol. The van der Waals surface area contributed by atoms with Gasteiger partial charge in [0.1, 0.15) is 4.90 Å². The van der Waals surface area contributed by atoms with E-state index in [1.54, 1.807) is 6.92 Å². The number of sulfonamides is 1. The zero-order valence-electron chi connectivity index (χ0n) is 9.92. The Morgan fingerprint density at radius 2 is 1.83 bits per heavy atom. The molecule has 0 radical (unpaired) electrons. The molecule has 1 aromatic heterocycles. The topological polar surface area (TPSA) is 66.1 Å². The number of nitrogens with one attached hydrogen (secondary N) is 1. The zero-order valence-corrected chi connectivity index (χ0v) is 10.7. The molecule has 0 fully saturated rings. The highest BCUT2D eigenvalue weighted by molar-refractivity contribution is 7.89. The third-order valence-electron chi connectivity index (χ3n) is 3.21. The summed E-state index contributed by atoms with van der Waals surface area (Å²) >= 11 is 0. The Bertz CT molecular complexity index is 666. The number of aryl methyl sites for hydroxylation is 1. The van der Waals surface area contributed by atoms with E-state index in [0.29, 0.717) is 18.8 Å². The largest absolute Gasteiger partial charge is 0.281 e. The number of fused-ring (bicyclic) bond motifs is 1. The van der Waals surface area contributed by atoms with Crippen molar-refractivity contribution in [1.29, 1.82) is 0 Å². The van der Waals surface area contributed by atoms with Crippen LogP contribution in [0.15, 0.2) is 35.4 Å². The first-order chi connectivity index (χ1) is 8.59. The number of rotatable bonds is 2. The van der Waals surface area contributed by atoms with Crippen LogP contribution in [-0.2, 0) is 23.1 Å². The van der Waals surface area contributed by atoms with Gasteiger partial charge in [-0.1, -0.05) is 24.3 Å². The molecule has 0 atom stereocenters. The maximum atomic E-state index is 12.5. The van der Waals surface area contributed by atoms with Crippen molar-refractivity contribution in [2.75, 3.05) is 0 Å². The number of nitrogens with zero attached hydrogens (tertiary/aromatic N) is 2. The van der Waals surface area contributed by atoms with Gasteiger partial charge in [-0.05, 0) is 18.1 Å². The number of hydrogen-bond acceptors (Lipinski definition) is 3. The van der Waals surface area contributed by atoms with Crippen molar-refractivity contribution < 1.29 is 8.42 Å². The average Bonchev–Trinajstić information content (AvgIpc) is 2.94. The third kappa shape index (κ3) is 1.65. The van der Waals surface area contributed by atoms with E-state index in [9.17, 15) is 8.42 Å². The monoisotopic (exact) mass is 263 g/mol. The fourth-order valence-corrected chi connectivity index (χ4v) is 3.73. The van der Waals surface area contributed by atoms with Gasteiger partial charge in [-0.3, -0.25) is 5.10 Å². The Labute approximate surface area is 105 Å². The lowest BCUT2D eigenvalue weighted by Gasteiger charge is -2.14. The Morgan fingerprint density at radius 1 is 1.22 bits per heavy atom. The third-order valence-corrected chi connectivity index (χ3v) is 5.12. The molecule has 94 valence electrons. The van der Waals surface area contributed by atoms with Crippen LogP contribution in [0.1, 0.15) is 16.8 Å². The number of benzene rings is 1. The average molecular weight is 263 g/mol. The molecule has 1 aromatic carbocycles. The van der Waals surface area contributed by atoms with Crippen LogP contribution in [-0.4, -0.2) is 22.9 Å². The molecule has 18 heavy (non-hydrogen) atoms. The van der Waals surface area contributed by atoms with Gasteiger partial charge in [0.05, 0.1) is 11.9 Å². The highest BCUT2D eigenvalue weighted by Gasteiger charge is 2.32. The smallest absolute Gasteiger partial charge is 0.247 e. The molecule has 2 aromatic rings. The molecule has 0 spiro atoms. The summed E-state index contributed by atoms with van der Waals surface area (Å²) in [7, 11) is -3.45. The highest BCUT2D eigenvalue weighted by atomic mass is 32.2. The lowest BCUT2D eigenvalue weighted by Crippen LogP contribution is -2.25. The minimum atomic E-state index is -3.45. The van der Waals surface area contributed by atoms with Gasteiger partial charge in [0, 0.05) is 13.1 Å². The molecule has 0 bridgehead atoms. The van der Waals surface area contributed by atoms with Gasteiger partial charge < -0.3 is 0 Å². The summed E-state index contributed by atoms with van der Waals surface area (Å²) in [5.41, 5.74) is 2.72. The molecular formula is C12H13N3O2S. The van der Waals surface area contributed by atoms with Crippen LogP contribution in [0.4, 0.5) is 0 Å². The first-order valence-corrected chi connectivity index (χ1v) is 7.10. The molecule has 0 unspecified atom stereocenters. The Kier molecular flexibility index (Phi) is 2.49. The molecule has 1 N–H and O–H groups in total. The van der Waals surface area contributed by atoms with Gasteiger partial charge in [-0.2, -0.15) is 9.40 Å².